The number of hydrogen-bond acceptors (Lipinski definition) is 5. The minimum absolute atomic E-state index is 0.182. The lowest BCUT2D eigenvalue weighted by Gasteiger charge is -2.10. The maximum absolute atomic E-state index is 12.8. The molecule has 1 aliphatic rings. The molecule has 0 radical (unpaired) electrons. The third-order valence-electron chi connectivity index (χ3n) is 5.82. The molecular weight excluding hydrogens is 456 g/mol. The first-order chi connectivity index (χ1) is 17.0. The predicted molar refractivity (Wildman–Crippen MR) is 140 cm³/mol. The van der Waals surface area contributed by atoms with Crippen molar-refractivity contribution < 1.29 is 9.59 Å². The number of carbonyl (C=O) groups is 2. The fourth-order valence-corrected chi connectivity index (χ4v) is 4.90. The summed E-state index contributed by atoms with van der Waals surface area (Å²) in [4.78, 5) is 27.2. The zero-order valence-electron chi connectivity index (χ0n) is 18.7. The largest absolute Gasteiger partial charge is 0.398 e. The molecule has 0 spiro atoms. The van der Waals surface area contributed by atoms with Crippen LogP contribution < -0.4 is 16.4 Å². The molecule has 7 heteroatoms. The highest BCUT2D eigenvalue weighted by Crippen LogP contribution is 2.39. The van der Waals surface area contributed by atoms with Gasteiger partial charge in [-0.05, 0) is 59.2 Å². The Hall–Kier alpha value is -4.36. The van der Waals surface area contributed by atoms with E-state index in [9.17, 15) is 9.59 Å². The van der Waals surface area contributed by atoms with E-state index in [4.69, 9.17) is 11.1 Å². The minimum atomic E-state index is -0.216. The number of amides is 2. The summed E-state index contributed by atoms with van der Waals surface area (Å²) in [6.07, 6.45) is 1.24. The number of carbonyl (C=O) groups excluding carboxylic acids is 2. The molecule has 0 saturated heterocycles. The number of anilines is 2. The average molecular weight is 479 g/mol. The Morgan fingerprint density at radius 2 is 1.71 bits per heavy atom. The fourth-order valence-electron chi connectivity index (χ4n) is 3.89. The highest BCUT2D eigenvalue weighted by molar-refractivity contribution is 7.99. The van der Waals surface area contributed by atoms with Gasteiger partial charge in [-0.15, -0.1) is 0 Å². The van der Waals surface area contributed by atoms with Gasteiger partial charge in [0.1, 0.15) is 0 Å². The van der Waals surface area contributed by atoms with E-state index < -0.39 is 0 Å². The van der Waals surface area contributed by atoms with Crippen LogP contribution in [-0.4, -0.2) is 18.0 Å². The van der Waals surface area contributed by atoms with Gasteiger partial charge in [-0.25, -0.2) is 0 Å². The van der Waals surface area contributed by atoms with Crippen LogP contribution in [0.1, 0.15) is 31.8 Å². The average Bonchev–Trinajstić information content (AvgIpc) is 3.03. The zero-order valence-corrected chi connectivity index (χ0v) is 19.5. The normalized spacial score (nSPS) is 12.1. The van der Waals surface area contributed by atoms with Gasteiger partial charge in [0.25, 0.3) is 11.8 Å². The van der Waals surface area contributed by atoms with Crippen molar-refractivity contribution in [3.05, 3.63) is 107 Å². The topological polar surface area (TPSA) is 108 Å². The van der Waals surface area contributed by atoms with Crippen LogP contribution in [0.4, 0.5) is 11.4 Å². The molecule has 5 rings (SSSR count). The second kappa shape index (κ2) is 9.48. The van der Waals surface area contributed by atoms with E-state index in [0.29, 0.717) is 34.6 Å². The van der Waals surface area contributed by atoms with E-state index in [1.165, 1.54) is 18.0 Å². The fraction of sp³-hybridized carbons (Fsp3) is 0.0357. The summed E-state index contributed by atoms with van der Waals surface area (Å²) in [7, 11) is 0. The van der Waals surface area contributed by atoms with Crippen molar-refractivity contribution in [2.24, 2.45) is 0 Å². The molecule has 6 nitrogen and oxygen atoms in total. The summed E-state index contributed by atoms with van der Waals surface area (Å²) in [6.45, 7) is 0.371. The summed E-state index contributed by atoms with van der Waals surface area (Å²) in [5, 5.41) is 13.3. The molecule has 0 atom stereocenters. The third-order valence-corrected chi connectivity index (χ3v) is 6.98. The van der Waals surface area contributed by atoms with Crippen molar-refractivity contribution in [1.82, 2.24) is 5.32 Å². The molecule has 2 amide bonds. The molecule has 0 aliphatic carbocycles. The Kier molecular flexibility index (Phi) is 6.08. The highest BCUT2D eigenvalue weighted by atomic mass is 32.2. The molecule has 0 saturated carbocycles. The van der Waals surface area contributed by atoms with Gasteiger partial charge >= 0.3 is 0 Å². The second-order valence-corrected chi connectivity index (χ2v) is 9.21. The number of nitrogens with one attached hydrogen (secondary N) is 3. The standard InChI is InChI=1S/C28H22N4O2S/c29-15-21-13-19(9-11-23(21)30)18-7-5-17(6-8-18)16-31-27(33)20-10-12-26-24(14-20)32-28(34)22-3-1-2-4-25(22)35-26/h1-15,29H,16,30H2,(H,31,33)(H,32,34). The Morgan fingerprint density at radius 1 is 0.943 bits per heavy atom. The van der Waals surface area contributed by atoms with E-state index in [1.807, 2.05) is 60.7 Å². The molecule has 172 valence electrons. The van der Waals surface area contributed by atoms with E-state index in [0.717, 1.165) is 26.5 Å². The molecule has 1 heterocycles. The van der Waals surface area contributed by atoms with Gasteiger partial charge in [0, 0.05) is 39.4 Å². The first-order valence-electron chi connectivity index (χ1n) is 11.0. The van der Waals surface area contributed by atoms with Crippen LogP contribution in [0.3, 0.4) is 0 Å². The Balaban J connectivity index is 1.27. The van der Waals surface area contributed by atoms with Crippen LogP contribution >= 0.6 is 11.8 Å². The van der Waals surface area contributed by atoms with Gasteiger partial charge in [0.15, 0.2) is 0 Å². The van der Waals surface area contributed by atoms with Crippen molar-refractivity contribution in [1.29, 1.82) is 5.41 Å². The summed E-state index contributed by atoms with van der Waals surface area (Å²) >= 11 is 1.51. The lowest BCUT2D eigenvalue weighted by Crippen LogP contribution is -2.23. The van der Waals surface area contributed by atoms with E-state index in [2.05, 4.69) is 10.6 Å². The molecule has 35 heavy (non-hydrogen) atoms. The highest BCUT2D eigenvalue weighted by Gasteiger charge is 2.20. The number of nitrogen functional groups attached to an aromatic ring is 1. The Labute approximate surface area is 207 Å². The van der Waals surface area contributed by atoms with Gasteiger partial charge in [-0.3, -0.25) is 9.59 Å². The molecule has 0 bridgehead atoms. The molecule has 5 N–H and O–H groups in total. The molecular formula is C28H22N4O2S. The number of nitrogens with two attached hydrogens (primary N) is 1. The van der Waals surface area contributed by atoms with Crippen LogP contribution in [0.15, 0.2) is 94.7 Å². The molecule has 4 aromatic carbocycles. The Morgan fingerprint density at radius 3 is 2.51 bits per heavy atom. The maximum Gasteiger partial charge on any atom is 0.256 e. The molecule has 1 aliphatic heterocycles. The van der Waals surface area contributed by atoms with Gasteiger partial charge < -0.3 is 21.8 Å². The Bertz CT molecular complexity index is 1460. The van der Waals surface area contributed by atoms with Gasteiger partial charge in [-0.2, -0.15) is 0 Å². The van der Waals surface area contributed by atoms with E-state index in [1.54, 1.807) is 24.3 Å². The summed E-state index contributed by atoms with van der Waals surface area (Å²) in [5.41, 5.74) is 11.8. The number of hydrogen-bond donors (Lipinski definition) is 4. The summed E-state index contributed by atoms with van der Waals surface area (Å²) < 4.78 is 0. The van der Waals surface area contributed by atoms with Crippen LogP contribution in [0.2, 0.25) is 0 Å². The first kappa shape index (κ1) is 22.4. The lowest BCUT2D eigenvalue weighted by molar-refractivity contribution is 0.0949. The number of fused-ring (bicyclic) bond motifs is 2. The minimum Gasteiger partial charge on any atom is -0.398 e. The predicted octanol–water partition coefficient (Wildman–Crippen LogP) is 5.58. The molecule has 0 aromatic heterocycles. The van der Waals surface area contributed by atoms with Gasteiger partial charge in [0.2, 0.25) is 0 Å². The van der Waals surface area contributed by atoms with Crippen molar-refractivity contribution in [2.75, 3.05) is 11.1 Å². The van der Waals surface area contributed by atoms with Crippen molar-refractivity contribution in [2.45, 2.75) is 16.3 Å². The van der Waals surface area contributed by atoms with E-state index >= 15 is 0 Å². The van der Waals surface area contributed by atoms with Crippen LogP contribution in [0.25, 0.3) is 11.1 Å². The molecule has 0 fully saturated rings. The quantitative estimate of drug-likeness (QED) is 0.222. The van der Waals surface area contributed by atoms with Gasteiger partial charge in [0.05, 0.1) is 11.3 Å². The number of rotatable bonds is 5. The van der Waals surface area contributed by atoms with Crippen LogP contribution in [-0.2, 0) is 6.54 Å². The van der Waals surface area contributed by atoms with Crippen molar-refractivity contribution in [3.63, 3.8) is 0 Å². The van der Waals surface area contributed by atoms with Gasteiger partial charge in [-0.1, -0.05) is 54.2 Å². The third kappa shape index (κ3) is 4.67. The SMILES string of the molecule is N=Cc1cc(-c2ccc(CNC(=O)c3ccc4c(c3)NC(=O)c3ccccc3S4)cc2)ccc1N. The lowest BCUT2D eigenvalue weighted by atomic mass is 10.0. The van der Waals surface area contributed by atoms with E-state index in [-0.39, 0.29) is 11.8 Å². The molecule has 0 unspecified atom stereocenters. The van der Waals surface area contributed by atoms with Crippen molar-refractivity contribution in [3.8, 4) is 11.1 Å². The second-order valence-electron chi connectivity index (χ2n) is 8.13. The monoisotopic (exact) mass is 478 g/mol. The molecule has 4 aromatic rings. The zero-order chi connectivity index (χ0) is 24.4. The van der Waals surface area contributed by atoms with Crippen molar-refractivity contribution >= 4 is 41.2 Å². The summed E-state index contributed by atoms with van der Waals surface area (Å²) in [5.74, 6) is -0.398. The number of benzene rings is 4. The maximum atomic E-state index is 12.8. The first-order valence-corrected chi connectivity index (χ1v) is 11.8. The summed E-state index contributed by atoms with van der Waals surface area (Å²) in [6, 6.07) is 26.3. The van der Waals surface area contributed by atoms with Crippen LogP contribution in [0, 0.1) is 5.41 Å². The van der Waals surface area contributed by atoms with Crippen LogP contribution in [0.5, 0.6) is 0 Å². The smallest absolute Gasteiger partial charge is 0.256 e.